The van der Waals surface area contributed by atoms with Gasteiger partial charge in [-0.1, -0.05) is 24.4 Å². The molecule has 2 aromatic rings. The maximum Gasteiger partial charge on any atom is 0.251 e. The van der Waals surface area contributed by atoms with E-state index in [0.717, 1.165) is 13.1 Å². The van der Waals surface area contributed by atoms with Crippen LogP contribution in [0.3, 0.4) is 0 Å². The van der Waals surface area contributed by atoms with E-state index >= 15 is 0 Å². The van der Waals surface area contributed by atoms with Crippen LogP contribution in [0.4, 0.5) is 0 Å². The van der Waals surface area contributed by atoms with Crippen LogP contribution in [0.2, 0.25) is 5.02 Å². The lowest BCUT2D eigenvalue weighted by Gasteiger charge is -2.30. The summed E-state index contributed by atoms with van der Waals surface area (Å²) in [6.07, 6.45) is 5.10. The Kier molecular flexibility index (Phi) is 6.30. The molecule has 0 radical (unpaired) electrons. The Balaban J connectivity index is 1.67. The van der Waals surface area contributed by atoms with Crippen molar-refractivity contribution < 1.29 is 4.79 Å². The number of amides is 1. The van der Waals surface area contributed by atoms with Crippen LogP contribution < -0.4 is 5.32 Å². The van der Waals surface area contributed by atoms with Gasteiger partial charge in [0.15, 0.2) is 0 Å². The van der Waals surface area contributed by atoms with Gasteiger partial charge in [-0.2, -0.15) is 11.3 Å². The third kappa shape index (κ3) is 4.59. The zero-order valence-corrected chi connectivity index (χ0v) is 15.3. The fourth-order valence-corrected chi connectivity index (χ4v) is 4.05. The molecule has 1 aliphatic rings. The second-order valence-electron chi connectivity index (χ2n) is 6.24. The molecule has 1 aliphatic heterocycles. The summed E-state index contributed by atoms with van der Waals surface area (Å²) in [5.74, 6) is -0.0401. The fraction of sp³-hybridized carbons (Fsp3) is 0.421. The minimum absolute atomic E-state index is 0.0401. The molecule has 1 unspecified atom stereocenters. The molecule has 1 aromatic heterocycles. The number of nitrogens with one attached hydrogen (secondary N) is 1. The number of hydrogen-bond donors (Lipinski definition) is 1. The third-order valence-corrected chi connectivity index (χ3v) is 5.53. The molecule has 3 rings (SSSR count). The Labute approximate surface area is 152 Å². The van der Waals surface area contributed by atoms with Crippen LogP contribution in [0.1, 0.15) is 47.6 Å². The lowest BCUT2D eigenvalue weighted by molar-refractivity contribution is 0.0933. The van der Waals surface area contributed by atoms with Crippen LogP contribution in [0, 0.1) is 0 Å². The Hall–Kier alpha value is -1.36. The number of carbonyl (C=O) groups excluding carboxylic acids is 1. The molecule has 0 bridgehead atoms. The largest absolute Gasteiger partial charge is 0.350 e. The molecule has 1 amide bonds. The normalized spacial score (nSPS) is 17.2. The lowest BCUT2D eigenvalue weighted by Crippen LogP contribution is -2.38. The van der Waals surface area contributed by atoms with Gasteiger partial charge in [-0.05, 0) is 72.6 Å². The number of halogens is 1. The number of rotatable bonds is 5. The van der Waals surface area contributed by atoms with E-state index in [9.17, 15) is 4.79 Å². The highest BCUT2D eigenvalue weighted by atomic mass is 35.5. The summed E-state index contributed by atoms with van der Waals surface area (Å²) in [4.78, 5) is 14.9. The van der Waals surface area contributed by atoms with E-state index in [4.69, 9.17) is 11.6 Å². The predicted octanol–water partition coefficient (Wildman–Crippen LogP) is 4.75. The first-order chi connectivity index (χ1) is 11.7. The Bertz CT molecular complexity index is 634. The number of benzene rings is 1. The van der Waals surface area contributed by atoms with Crippen LogP contribution >= 0.6 is 22.9 Å². The van der Waals surface area contributed by atoms with Crippen molar-refractivity contribution in [2.45, 2.75) is 31.7 Å². The van der Waals surface area contributed by atoms with E-state index in [1.54, 1.807) is 35.6 Å². The molecule has 1 aromatic carbocycles. The number of hydrogen-bond acceptors (Lipinski definition) is 3. The average molecular weight is 363 g/mol. The minimum atomic E-state index is -0.0401. The van der Waals surface area contributed by atoms with Crippen LogP contribution in [0.15, 0.2) is 41.1 Å². The molecular weight excluding hydrogens is 340 g/mol. The Morgan fingerprint density at radius 3 is 2.46 bits per heavy atom. The molecule has 0 spiro atoms. The van der Waals surface area contributed by atoms with Crippen LogP contribution in [-0.2, 0) is 0 Å². The summed E-state index contributed by atoms with van der Waals surface area (Å²) >= 11 is 7.61. The average Bonchev–Trinajstić information content (AvgIpc) is 2.98. The summed E-state index contributed by atoms with van der Waals surface area (Å²) in [7, 11) is 0. The van der Waals surface area contributed by atoms with Gasteiger partial charge in [-0.15, -0.1) is 0 Å². The van der Waals surface area contributed by atoms with Crippen molar-refractivity contribution in [2.75, 3.05) is 19.6 Å². The first-order valence-corrected chi connectivity index (χ1v) is 9.86. The summed E-state index contributed by atoms with van der Waals surface area (Å²) in [5, 5.41) is 8.06. The molecule has 0 saturated carbocycles. The topological polar surface area (TPSA) is 32.3 Å². The van der Waals surface area contributed by atoms with Gasteiger partial charge in [0, 0.05) is 17.1 Å². The summed E-state index contributed by atoms with van der Waals surface area (Å²) in [6, 6.07) is 9.47. The first kappa shape index (κ1) is 17.5. The molecule has 2 heterocycles. The van der Waals surface area contributed by atoms with Gasteiger partial charge in [-0.25, -0.2) is 0 Å². The van der Waals surface area contributed by atoms with E-state index in [1.165, 1.54) is 31.2 Å². The highest BCUT2D eigenvalue weighted by Crippen LogP contribution is 2.25. The Morgan fingerprint density at radius 1 is 1.12 bits per heavy atom. The highest BCUT2D eigenvalue weighted by Gasteiger charge is 2.22. The predicted molar refractivity (Wildman–Crippen MR) is 101 cm³/mol. The molecular formula is C19H23ClN2OS. The summed E-state index contributed by atoms with van der Waals surface area (Å²) < 4.78 is 0. The number of carbonyl (C=O) groups is 1. The van der Waals surface area contributed by atoms with Crippen molar-refractivity contribution in [2.24, 2.45) is 0 Å². The summed E-state index contributed by atoms with van der Waals surface area (Å²) in [5.41, 5.74) is 1.96. The molecule has 0 aliphatic carbocycles. The smallest absolute Gasteiger partial charge is 0.251 e. The second-order valence-corrected chi connectivity index (χ2v) is 7.46. The number of nitrogens with zero attached hydrogens (tertiary/aromatic N) is 1. The highest BCUT2D eigenvalue weighted by molar-refractivity contribution is 7.07. The van der Waals surface area contributed by atoms with E-state index in [0.29, 0.717) is 17.1 Å². The van der Waals surface area contributed by atoms with Gasteiger partial charge >= 0.3 is 0 Å². The first-order valence-electron chi connectivity index (χ1n) is 8.54. The van der Waals surface area contributed by atoms with Crippen LogP contribution in [-0.4, -0.2) is 30.4 Å². The standard InChI is InChI=1S/C19H23ClN2OS/c20-17-7-5-15(6-8-17)19(23)21-13-18(16-9-12-24-14-16)22-10-3-1-2-4-11-22/h5-9,12,14,18H,1-4,10-11,13H2,(H,21,23). The molecule has 128 valence electrons. The van der Waals surface area contributed by atoms with Crippen molar-refractivity contribution in [3.63, 3.8) is 0 Å². The monoisotopic (exact) mass is 362 g/mol. The fourth-order valence-electron chi connectivity index (χ4n) is 3.22. The maximum atomic E-state index is 12.4. The van der Waals surface area contributed by atoms with E-state index in [1.807, 2.05) is 0 Å². The van der Waals surface area contributed by atoms with E-state index < -0.39 is 0 Å². The minimum Gasteiger partial charge on any atom is -0.350 e. The molecule has 1 N–H and O–H groups in total. The molecule has 3 nitrogen and oxygen atoms in total. The van der Waals surface area contributed by atoms with Crippen molar-refractivity contribution in [3.8, 4) is 0 Å². The number of thiophene rings is 1. The van der Waals surface area contributed by atoms with Gasteiger partial charge in [0.25, 0.3) is 5.91 Å². The Morgan fingerprint density at radius 2 is 1.83 bits per heavy atom. The van der Waals surface area contributed by atoms with E-state index in [2.05, 4.69) is 27.0 Å². The SMILES string of the molecule is O=C(NCC(c1ccsc1)N1CCCCCC1)c1ccc(Cl)cc1. The van der Waals surface area contributed by atoms with Gasteiger partial charge in [-0.3, -0.25) is 9.69 Å². The lowest BCUT2D eigenvalue weighted by atomic mass is 10.1. The van der Waals surface area contributed by atoms with Gasteiger partial charge in [0.1, 0.15) is 0 Å². The molecule has 1 atom stereocenters. The zero-order chi connectivity index (χ0) is 16.8. The molecule has 1 fully saturated rings. The molecule has 5 heteroatoms. The zero-order valence-electron chi connectivity index (χ0n) is 13.7. The molecule has 1 saturated heterocycles. The molecule has 24 heavy (non-hydrogen) atoms. The quantitative estimate of drug-likeness (QED) is 0.832. The third-order valence-electron chi connectivity index (χ3n) is 4.57. The number of likely N-dealkylation sites (tertiary alicyclic amines) is 1. The van der Waals surface area contributed by atoms with Crippen LogP contribution in [0.5, 0.6) is 0 Å². The van der Waals surface area contributed by atoms with Gasteiger partial charge < -0.3 is 5.32 Å². The second kappa shape index (κ2) is 8.65. The summed E-state index contributed by atoms with van der Waals surface area (Å²) in [6.45, 7) is 2.85. The van der Waals surface area contributed by atoms with Crippen molar-refractivity contribution in [3.05, 3.63) is 57.2 Å². The maximum absolute atomic E-state index is 12.4. The van der Waals surface area contributed by atoms with Crippen molar-refractivity contribution in [1.82, 2.24) is 10.2 Å². The van der Waals surface area contributed by atoms with Crippen molar-refractivity contribution in [1.29, 1.82) is 0 Å². The van der Waals surface area contributed by atoms with Crippen LogP contribution in [0.25, 0.3) is 0 Å². The van der Waals surface area contributed by atoms with Gasteiger partial charge in [0.2, 0.25) is 0 Å². The van der Waals surface area contributed by atoms with Gasteiger partial charge in [0.05, 0.1) is 6.04 Å². The van der Waals surface area contributed by atoms with Crippen molar-refractivity contribution >= 4 is 28.8 Å². The van der Waals surface area contributed by atoms with E-state index in [-0.39, 0.29) is 11.9 Å².